The fourth-order valence-corrected chi connectivity index (χ4v) is 3.29. The van der Waals surface area contributed by atoms with E-state index in [1.807, 2.05) is 43.3 Å². The molecule has 0 heterocycles. The van der Waals surface area contributed by atoms with Gasteiger partial charge in [0.1, 0.15) is 18.1 Å². The van der Waals surface area contributed by atoms with Gasteiger partial charge in [-0.1, -0.05) is 24.3 Å². The zero-order chi connectivity index (χ0) is 18.4. The number of carbonyl (C=O) groups is 1. The molecule has 1 aliphatic carbocycles. The van der Waals surface area contributed by atoms with Crippen molar-refractivity contribution in [2.45, 2.75) is 45.6 Å². The summed E-state index contributed by atoms with van der Waals surface area (Å²) in [6.07, 6.45) is 4.02. The second-order valence-electron chi connectivity index (χ2n) is 6.82. The molecule has 0 saturated carbocycles. The lowest BCUT2D eigenvalue weighted by Crippen LogP contribution is -2.38. The van der Waals surface area contributed by atoms with Crippen LogP contribution < -0.4 is 14.8 Å². The summed E-state index contributed by atoms with van der Waals surface area (Å²) >= 11 is 0. The van der Waals surface area contributed by atoms with Crippen molar-refractivity contribution in [1.82, 2.24) is 5.32 Å². The lowest BCUT2D eigenvalue weighted by molar-refractivity contribution is -0.127. The third kappa shape index (κ3) is 4.78. The van der Waals surface area contributed by atoms with Crippen molar-refractivity contribution in [2.75, 3.05) is 13.2 Å². The van der Waals surface area contributed by atoms with E-state index in [9.17, 15) is 4.79 Å². The average Bonchev–Trinajstić information content (AvgIpc) is 2.65. The Balaban J connectivity index is 1.46. The number of fused-ring (bicyclic) bond motifs is 1. The molecule has 138 valence electrons. The number of benzene rings is 2. The Bertz CT molecular complexity index is 757. The standard InChI is InChI=1S/C22H27NO3/c1-16-7-5-10-19(15-16)25-14-13-23-22(24)17(2)26-21-12-6-9-18-8-3-4-11-20(18)21/h5-7,9-10,12,15,17H,3-4,8,11,13-14H2,1-2H3,(H,23,24)/t17-/m0/s1. The Hall–Kier alpha value is -2.49. The van der Waals surface area contributed by atoms with Crippen molar-refractivity contribution < 1.29 is 14.3 Å². The molecule has 1 aliphatic rings. The first kappa shape index (κ1) is 18.3. The zero-order valence-corrected chi connectivity index (χ0v) is 15.6. The van der Waals surface area contributed by atoms with Gasteiger partial charge in [0.25, 0.3) is 5.91 Å². The summed E-state index contributed by atoms with van der Waals surface area (Å²) in [6, 6.07) is 14.0. The van der Waals surface area contributed by atoms with Crippen molar-refractivity contribution in [1.29, 1.82) is 0 Å². The molecule has 0 aromatic heterocycles. The van der Waals surface area contributed by atoms with Gasteiger partial charge in [0.05, 0.1) is 6.54 Å². The molecule has 1 atom stereocenters. The van der Waals surface area contributed by atoms with Crippen LogP contribution in [0.2, 0.25) is 0 Å². The summed E-state index contributed by atoms with van der Waals surface area (Å²) in [5, 5.41) is 2.88. The largest absolute Gasteiger partial charge is 0.492 e. The first-order valence-electron chi connectivity index (χ1n) is 9.38. The van der Waals surface area contributed by atoms with Crippen LogP contribution in [0.3, 0.4) is 0 Å². The molecule has 4 heteroatoms. The molecule has 0 saturated heterocycles. The minimum Gasteiger partial charge on any atom is -0.492 e. The van der Waals surface area contributed by atoms with Gasteiger partial charge in [0.15, 0.2) is 6.10 Å². The summed E-state index contributed by atoms with van der Waals surface area (Å²) < 4.78 is 11.6. The normalized spacial score (nSPS) is 14.2. The van der Waals surface area contributed by atoms with Gasteiger partial charge in [-0.25, -0.2) is 0 Å². The Morgan fingerprint density at radius 2 is 1.96 bits per heavy atom. The van der Waals surface area contributed by atoms with Crippen molar-refractivity contribution in [3.63, 3.8) is 0 Å². The highest BCUT2D eigenvalue weighted by molar-refractivity contribution is 5.80. The molecule has 2 aromatic rings. The van der Waals surface area contributed by atoms with Gasteiger partial charge in [0, 0.05) is 0 Å². The maximum atomic E-state index is 12.3. The van der Waals surface area contributed by atoms with Crippen molar-refractivity contribution in [3.8, 4) is 11.5 Å². The Morgan fingerprint density at radius 3 is 2.81 bits per heavy atom. The number of aryl methyl sites for hydroxylation is 2. The molecule has 3 rings (SSSR count). The summed E-state index contributed by atoms with van der Waals surface area (Å²) in [5.74, 6) is 1.55. The zero-order valence-electron chi connectivity index (χ0n) is 15.6. The van der Waals surface area contributed by atoms with Crippen molar-refractivity contribution in [3.05, 3.63) is 59.2 Å². The van der Waals surface area contributed by atoms with E-state index < -0.39 is 6.10 Å². The van der Waals surface area contributed by atoms with Gasteiger partial charge in [0.2, 0.25) is 0 Å². The predicted molar refractivity (Wildman–Crippen MR) is 103 cm³/mol. The summed E-state index contributed by atoms with van der Waals surface area (Å²) in [6.45, 7) is 4.70. The van der Waals surface area contributed by atoms with E-state index in [4.69, 9.17) is 9.47 Å². The molecule has 0 fully saturated rings. The predicted octanol–water partition coefficient (Wildman–Crippen LogP) is 3.84. The smallest absolute Gasteiger partial charge is 0.260 e. The number of nitrogens with one attached hydrogen (secondary N) is 1. The van der Waals surface area contributed by atoms with Crippen LogP contribution in [0.1, 0.15) is 36.5 Å². The molecule has 26 heavy (non-hydrogen) atoms. The van der Waals surface area contributed by atoms with Crippen LogP contribution in [-0.2, 0) is 17.6 Å². The molecular formula is C22H27NO3. The third-order valence-corrected chi connectivity index (χ3v) is 4.69. The van der Waals surface area contributed by atoms with E-state index in [1.165, 1.54) is 24.0 Å². The Morgan fingerprint density at radius 1 is 1.15 bits per heavy atom. The first-order valence-corrected chi connectivity index (χ1v) is 9.38. The highest BCUT2D eigenvalue weighted by Crippen LogP contribution is 2.30. The molecule has 0 bridgehead atoms. The third-order valence-electron chi connectivity index (χ3n) is 4.69. The number of carbonyl (C=O) groups excluding carboxylic acids is 1. The summed E-state index contributed by atoms with van der Waals surface area (Å²) in [4.78, 5) is 12.3. The fraction of sp³-hybridized carbons (Fsp3) is 0.409. The van der Waals surface area contributed by atoms with E-state index in [2.05, 4.69) is 11.4 Å². The maximum Gasteiger partial charge on any atom is 0.260 e. The van der Waals surface area contributed by atoms with Crippen LogP contribution in [0.15, 0.2) is 42.5 Å². The molecular weight excluding hydrogens is 326 g/mol. The maximum absolute atomic E-state index is 12.3. The van der Waals surface area contributed by atoms with Crippen LogP contribution in [0.4, 0.5) is 0 Å². The molecule has 2 aromatic carbocycles. The van der Waals surface area contributed by atoms with Gasteiger partial charge in [-0.3, -0.25) is 4.79 Å². The molecule has 0 spiro atoms. The van der Waals surface area contributed by atoms with Gasteiger partial charge in [-0.15, -0.1) is 0 Å². The summed E-state index contributed by atoms with van der Waals surface area (Å²) in [7, 11) is 0. The second kappa shape index (κ2) is 8.75. The van der Waals surface area contributed by atoms with E-state index in [1.54, 1.807) is 6.92 Å². The monoisotopic (exact) mass is 353 g/mol. The Labute approximate surface area is 155 Å². The second-order valence-corrected chi connectivity index (χ2v) is 6.82. The first-order chi connectivity index (χ1) is 12.6. The van der Waals surface area contributed by atoms with Crippen LogP contribution in [0, 0.1) is 6.92 Å². The van der Waals surface area contributed by atoms with Gasteiger partial charge in [-0.05, 0) is 74.4 Å². The van der Waals surface area contributed by atoms with Crippen LogP contribution in [0.25, 0.3) is 0 Å². The van der Waals surface area contributed by atoms with Crippen LogP contribution in [0.5, 0.6) is 11.5 Å². The highest BCUT2D eigenvalue weighted by Gasteiger charge is 2.19. The Kier molecular flexibility index (Phi) is 6.16. The lowest BCUT2D eigenvalue weighted by atomic mass is 9.91. The minimum absolute atomic E-state index is 0.119. The van der Waals surface area contributed by atoms with E-state index in [0.717, 1.165) is 29.9 Å². The van der Waals surface area contributed by atoms with Gasteiger partial charge < -0.3 is 14.8 Å². The van der Waals surface area contributed by atoms with E-state index in [-0.39, 0.29) is 5.91 Å². The number of amides is 1. The van der Waals surface area contributed by atoms with Crippen LogP contribution in [-0.4, -0.2) is 25.2 Å². The minimum atomic E-state index is -0.526. The summed E-state index contributed by atoms with van der Waals surface area (Å²) in [5.41, 5.74) is 3.77. The lowest BCUT2D eigenvalue weighted by Gasteiger charge is -2.22. The number of hydrogen-bond acceptors (Lipinski definition) is 3. The molecule has 4 nitrogen and oxygen atoms in total. The van der Waals surface area contributed by atoms with Crippen molar-refractivity contribution in [2.24, 2.45) is 0 Å². The van der Waals surface area contributed by atoms with E-state index >= 15 is 0 Å². The molecule has 0 aliphatic heterocycles. The molecule has 0 unspecified atom stereocenters. The molecule has 1 N–H and O–H groups in total. The SMILES string of the molecule is Cc1cccc(OCCNC(=O)[C@H](C)Oc2cccc3c2CCCC3)c1. The highest BCUT2D eigenvalue weighted by atomic mass is 16.5. The van der Waals surface area contributed by atoms with Crippen molar-refractivity contribution >= 4 is 5.91 Å². The average molecular weight is 353 g/mol. The number of hydrogen-bond donors (Lipinski definition) is 1. The molecule has 0 radical (unpaired) electrons. The topological polar surface area (TPSA) is 47.6 Å². The van der Waals surface area contributed by atoms with E-state index in [0.29, 0.717) is 13.2 Å². The van der Waals surface area contributed by atoms with Gasteiger partial charge in [-0.2, -0.15) is 0 Å². The number of ether oxygens (including phenoxy) is 2. The van der Waals surface area contributed by atoms with Crippen LogP contribution >= 0.6 is 0 Å². The number of rotatable bonds is 7. The quantitative estimate of drug-likeness (QED) is 0.770. The van der Waals surface area contributed by atoms with Gasteiger partial charge >= 0.3 is 0 Å². The fourth-order valence-electron chi connectivity index (χ4n) is 3.29. The molecule has 1 amide bonds.